The van der Waals surface area contributed by atoms with E-state index in [0.29, 0.717) is 18.2 Å². The highest BCUT2D eigenvalue weighted by Gasteiger charge is 2.26. The molecule has 4 heteroatoms. The Morgan fingerprint density at radius 2 is 2.17 bits per heavy atom. The topological polar surface area (TPSA) is 41.5 Å². The molecular weight excluding hydrogens is 233 g/mol. The Morgan fingerprint density at radius 3 is 2.83 bits per heavy atom. The Kier molecular flexibility index (Phi) is 4.32. The number of aliphatic hydroxyl groups is 1. The molecule has 0 heterocycles. The summed E-state index contributed by atoms with van der Waals surface area (Å²) in [5.41, 5.74) is -0.392. The molecule has 1 aromatic carbocycles. The summed E-state index contributed by atoms with van der Waals surface area (Å²) in [7, 11) is 0. The standard InChI is InChI=1S/C14H20FNO2/c1-14(17,9-16-12-6-7-12)10-18-8-11-4-2-3-5-13(11)15/h2-5,12,16-17H,6-10H2,1H3. The molecule has 1 saturated carbocycles. The molecule has 2 N–H and O–H groups in total. The lowest BCUT2D eigenvalue weighted by atomic mass is 10.1. The van der Waals surface area contributed by atoms with Crippen molar-refractivity contribution in [3.63, 3.8) is 0 Å². The van der Waals surface area contributed by atoms with E-state index >= 15 is 0 Å². The number of rotatable bonds is 7. The lowest BCUT2D eigenvalue weighted by Gasteiger charge is -2.23. The van der Waals surface area contributed by atoms with E-state index in [1.54, 1.807) is 25.1 Å². The molecule has 1 atom stereocenters. The summed E-state index contributed by atoms with van der Waals surface area (Å²) in [6, 6.07) is 7.07. The molecular formula is C14H20FNO2. The largest absolute Gasteiger partial charge is 0.386 e. The highest BCUT2D eigenvalue weighted by Crippen LogP contribution is 2.19. The minimum atomic E-state index is -0.909. The van der Waals surface area contributed by atoms with E-state index in [-0.39, 0.29) is 19.0 Å². The number of hydrogen-bond donors (Lipinski definition) is 2. The third-order valence-electron chi connectivity index (χ3n) is 2.98. The van der Waals surface area contributed by atoms with Gasteiger partial charge in [0.25, 0.3) is 0 Å². The predicted octanol–water partition coefficient (Wildman–Crippen LogP) is 1.85. The molecule has 0 saturated heterocycles. The lowest BCUT2D eigenvalue weighted by Crippen LogP contribution is -2.42. The van der Waals surface area contributed by atoms with Crippen molar-refractivity contribution in [3.05, 3.63) is 35.6 Å². The van der Waals surface area contributed by atoms with Crippen LogP contribution in [0, 0.1) is 5.82 Å². The van der Waals surface area contributed by atoms with Gasteiger partial charge in [-0.25, -0.2) is 4.39 Å². The van der Waals surface area contributed by atoms with Crippen molar-refractivity contribution < 1.29 is 14.2 Å². The predicted molar refractivity (Wildman–Crippen MR) is 67.7 cm³/mol. The van der Waals surface area contributed by atoms with Crippen molar-refractivity contribution in [2.75, 3.05) is 13.2 Å². The van der Waals surface area contributed by atoms with Crippen LogP contribution >= 0.6 is 0 Å². The van der Waals surface area contributed by atoms with Crippen molar-refractivity contribution in [2.24, 2.45) is 0 Å². The smallest absolute Gasteiger partial charge is 0.128 e. The molecule has 0 spiro atoms. The van der Waals surface area contributed by atoms with Crippen LogP contribution in [0.5, 0.6) is 0 Å². The maximum Gasteiger partial charge on any atom is 0.128 e. The van der Waals surface area contributed by atoms with Crippen LogP contribution in [0.1, 0.15) is 25.3 Å². The average Bonchev–Trinajstić information content (AvgIpc) is 3.13. The summed E-state index contributed by atoms with van der Waals surface area (Å²) in [6.07, 6.45) is 2.37. The van der Waals surface area contributed by atoms with E-state index < -0.39 is 5.60 Å². The molecule has 100 valence electrons. The third kappa shape index (κ3) is 4.37. The van der Waals surface area contributed by atoms with Gasteiger partial charge in [0.1, 0.15) is 5.82 Å². The van der Waals surface area contributed by atoms with Crippen LogP contribution in [0.3, 0.4) is 0 Å². The minimum Gasteiger partial charge on any atom is -0.386 e. The molecule has 0 amide bonds. The molecule has 1 aliphatic rings. The van der Waals surface area contributed by atoms with Gasteiger partial charge in [0.05, 0.1) is 18.8 Å². The Balaban J connectivity index is 1.71. The Hall–Kier alpha value is -0.970. The summed E-state index contributed by atoms with van der Waals surface area (Å²) in [4.78, 5) is 0. The third-order valence-corrected chi connectivity index (χ3v) is 2.98. The summed E-state index contributed by atoms with van der Waals surface area (Å²) >= 11 is 0. The quantitative estimate of drug-likeness (QED) is 0.779. The van der Waals surface area contributed by atoms with Gasteiger partial charge in [-0.05, 0) is 25.8 Å². The average molecular weight is 253 g/mol. The molecule has 18 heavy (non-hydrogen) atoms. The summed E-state index contributed by atoms with van der Waals surface area (Å²) in [5.74, 6) is -0.270. The zero-order valence-electron chi connectivity index (χ0n) is 10.7. The van der Waals surface area contributed by atoms with Gasteiger partial charge >= 0.3 is 0 Å². The van der Waals surface area contributed by atoms with Gasteiger partial charge in [-0.3, -0.25) is 0 Å². The second-order valence-electron chi connectivity index (χ2n) is 5.24. The van der Waals surface area contributed by atoms with Crippen LogP contribution in [0.4, 0.5) is 4.39 Å². The molecule has 1 aromatic rings. The molecule has 3 nitrogen and oxygen atoms in total. The number of halogens is 1. The van der Waals surface area contributed by atoms with Crippen molar-refractivity contribution in [3.8, 4) is 0 Å². The van der Waals surface area contributed by atoms with E-state index in [1.165, 1.54) is 18.9 Å². The van der Waals surface area contributed by atoms with Crippen molar-refractivity contribution >= 4 is 0 Å². The first-order valence-corrected chi connectivity index (χ1v) is 6.34. The van der Waals surface area contributed by atoms with Gasteiger partial charge in [0.15, 0.2) is 0 Å². The minimum absolute atomic E-state index is 0.187. The van der Waals surface area contributed by atoms with Crippen molar-refractivity contribution in [1.29, 1.82) is 0 Å². The van der Waals surface area contributed by atoms with Crippen LogP contribution < -0.4 is 5.32 Å². The first-order valence-electron chi connectivity index (χ1n) is 6.34. The van der Waals surface area contributed by atoms with Crippen molar-refractivity contribution in [2.45, 2.75) is 38.0 Å². The van der Waals surface area contributed by atoms with Crippen LogP contribution in [0.2, 0.25) is 0 Å². The van der Waals surface area contributed by atoms with Gasteiger partial charge in [0, 0.05) is 18.2 Å². The van der Waals surface area contributed by atoms with Gasteiger partial charge < -0.3 is 15.2 Å². The van der Waals surface area contributed by atoms with E-state index in [0.717, 1.165) is 0 Å². The van der Waals surface area contributed by atoms with E-state index in [1.807, 2.05) is 0 Å². The van der Waals surface area contributed by atoms with Crippen LogP contribution in [-0.4, -0.2) is 29.9 Å². The van der Waals surface area contributed by atoms with E-state index in [2.05, 4.69) is 5.32 Å². The zero-order valence-corrected chi connectivity index (χ0v) is 10.7. The zero-order chi connectivity index (χ0) is 13.0. The fourth-order valence-corrected chi connectivity index (χ4v) is 1.70. The summed E-state index contributed by atoms with van der Waals surface area (Å²) in [6.45, 7) is 2.62. The lowest BCUT2D eigenvalue weighted by molar-refractivity contribution is -0.0387. The van der Waals surface area contributed by atoms with Crippen LogP contribution in [0.15, 0.2) is 24.3 Å². The molecule has 1 fully saturated rings. The molecule has 0 aromatic heterocycles. The van der Waals surface area contributed by atoms with Gasteiger partial charge in [-0.15, -0.1) is 0 Å². The first kappa shape index (κ1) is 13.5. The molecule has 0 aliphatic heterocycles. The van der Waals surface area contributed by atoms with Gasteiger partial charge in [0.2, 0.25) is 0 Å². The maximum atomic E-state index is 13.3. The number of hydrogen-bond acceptors (Lipinski definition) is 3. The maximum absolute atomic E-state index is 13.3. The van der Waals surface area contributed by atoms with Crippen LogP contribution in [0.25, 0.3) is 0 Å². The normalized spacial score (nSPS) is 18.6. The highest BCUT2D eigenvalue weighted by atomic mass is 19.1. The fourth-order valence-electron chi connectivity index (χ4n) is 1.70. The Labute approximate surface area is 107 Å². The number of nitrogens with one attached hydrogen (secondary N) is 1. The summed E-state index contributed by atoms with van der Waals surface area (Å²) in [5, 5.41) is 13.3. The van der Waals surface area contributed by atoms with Crippen molar-refractivity contribution in [1.82, 2.24) is 5.32 Å². The first-order chi connectivity index (χ1) is 8.57. The SMILES string of the molecule is CC(O)(CNC1CC1)COCc1ccccc1F. The number of ether oxygens (including phenoxy) is 1. The molecule has 2 rings (SSSR count). The van der Waals surface area contributed by atoms with E-state index in [4.69, 9.17) is 4.74 Å². The molecule has 0 bridgehead atoms. The van der Waals surface area contributed by atoms with E-state index in [9.17, 15) is 9.50 Å². The summed E-state index contributed by atoms with van der Waals surface area (Å²) < 4.78 is 18.7. The van der Waals surface area contributed by atoms with Crippen LogP contribution in [-0.2, 0) is 11.3 Å². The number of benzene rings is 1. The molecule has 1 aliphatic carbocycles. The molecule has 0 radical (unpaired) electrons. The second kappa shape index (κ2) is 5.78. The Morgan fingerprint density at radius 1 is 1.44 bits per heavy atom. The van der Waals surface area contributed by atoms with Gasteiger partial charge in [-0.2, -0.15) is 0 Å². The van der Waals surface area contributed by atoms with Gasteiger partial charge in [-0.1, -0.05) is 18.2 Å². The highest BCUT2D eigenvalue weighted by molar-refractivity contribution is 5.16. The molecule has 1 unspecified atom stereocenters. The monoisotopic (exact) mass is 253 g/mol. The Bertz CT molecular complexity index is 391. The second-order valence-corrected chi connectivity index (χ2v) is 5.24. The fraction of sp³-hybridized carbons (Fsp3) is 0.571.